The average Bonchev–Trinajstić information content (AvgIpc) is 2.17. The molecule has 1 unspecified atom stereocenters. The van der Waals surface area contributed by atoms with E-state index in [2.05, 4.69) is 0 Å². The van der Waals surface area contributed by atoms with Crippen LogP contribution in [0.15, 0.2) is 36.6 Å². The molecule has 2 rings (SSSR count). The Bertz CT molecular complexity index is 328. The highest BCUT2D eigenvalue weighted by Gasteiger charge is 2.16. The number of rotatable bonds is 1. The molecular formula is C10H7O2. The molecule has 12 heavy (non-hydrogen) atoms. The van der Waals surface area contributed by atoms with Gasteiger partial charge in [0.25, 0.3) is 0 Å². The Balaban J connectivity index is 2.49. The quantitative estimate of drug-likeness (QED) is 0.624. The van der Waals surface area contributed by atoms with Crippen LogP contribution in [0.5, 0.6) is 5.75 Å². The van der Waals surface area contributed by atoms with Crippen molar-refractivity contribution in [3.63, 3.8) is 0 Å². The van der Waals surface area contributed by atoms with Crippen LogP contribution in [-0.2, 0) is 4.79 Å². The standard InChI is InChI=1S/C10H7O2/c11-7-8-5-6-12-10-4-2-1-3-9(8)10/h1-6,8H. The number of ether oxygens (including phenoxy) is 1. The van der Waals surface area contributed by atoms with Gasteiger partial charge in [-0.1, -0.05) is 18.2 Å². The van der Waals surface area contributed by atoms with Crippen molar-refractivity contribution in [2.75, 3.05) is 0 Å². The van der Waals surface area contributed by atoms with E-state index in [1.54, 1.807) is 6.08 Å². The maximum atomic E-state index is 10.5. The fraction of sp³-hybridized carbons (Fsp3) is 0.100. The van der Waals surface area contributed by atoms with E-state index in [1.807, 2.05) is 30.6 Å². The molecular weight excluding hydrogens is 152 g/mol. The minimum atomic E-state index is -0.269. The number of hydrogen-bond acceptors (Lipinski definition) is 2. The highest BCUT2D eigenvalue weighted by Crippen LogP contribution is 2.29. The van der Waals surface area contributed by atoms with Gasteiger partial charge in [0.2, 0.25) is 6.29 Å². The normalized spacial score (nSPS) is 19.5. The van der Waals surface area contributed by atoms with E-state index < -0.39 is 0 Å². The molecule has 1 heterocycles. The Kier molecular flexibility index (Phi) is 1.67. The third-order valence-electron chi connectivity index (χ3n) is 1.85. The Hall–Kier alpha value is -1.57. The monoisotopic (exact) mass is 159 g/mol. The molecule has 0 saturated heterocycles. The van der Waals surface area contributed by atoms with Gasteiger partial charge in [-0.25, -0.2) is 0 Å². The van der Waals surface area contributed by atoms with Gasteiger partial charge in [-0.05, 0) is 12.1 Å². The van der Waals surface area contributed by atoms with Crippen LogP contribution >= 0.6 is 0 Å². The van der Waals surface area contributed by atoms with Gasteiger partial charge in [0.15, 0.2) is 0 Å². The van der Waals surface area contributed by atoms with E-state index >= 15 is 0 Å². The van der Waals surface area contributed by atoms with Crippen molar-refractivity contribution >= 4 is 6.29 Å². The van der Waals surface area contributed by atoms with Gasteiger partial charge in [0.05, 0.1) is 12.2 Å². The van der Waals surface area contributed by atoms with Crippen molar-refractivity contribution < 1.29 is 9.53 Å². The summed E-state index contributed by atoms with van der Waals surface area (Å²) in [6, 6.07) is 7.46. The number of hydrogen-bond donors (Lipinski definition) is 0. The van der Waals surface area contributed by atoms with Gasteiger partial charge in [-0.3, -0.25) is 4.79 Å². The highest BCUT2D eigenvalue weighted by molar-refractivity contribution is 5.68. The Labute approximate surface area is 70.5 Å². The summed E-state index contributed by atoms with van der Waals surface area (Å²) >= 11 is 0. The second kappa shape index (κ2) is 2.81. The zero-order chi connectivity index (χ0) is 8.39. The highest BCUT2D eigenvalue weighted by atomic mass is 16.5. The summed E-state index contributed by atoms with van der Waals surface area (Å²) in [7, 11) is 0. The predicted octanol–water partition coefficient (Wildman–Crippen LogP) is 1.79. The SMILES string of the molecule is O=[C]C1C=COc2ccccc21. The van der Waals surface area contributed by atoms with Gasteiger partial charge in [-0.15, -0.1) is 0 Å². The molecule has 0 fully saturated rings. The molecule has 0 bridgehead atoms. The predicted molar refractivity (Wildman–Crippen MR) is 44.6 cm³/mol. The fourth-order valence-electron chi connectivity index (χ4n) is 1.24. The second-order valence-corrected chi connectivity index (χ2v) is 2.58. The molecule has 1 aromatic rings. The minimum absolute atomic E-state index is 0.269. The van der Waals surface area contributed by atoms with E-state index in [0.717, 1.165) is 11.3 Å². The lowest BCUT2D eigenvalue weighted by atomic mass is 9.98. The van der Waals surface area contributed by atoms with Gasteiger partial charge in [0.1, 0.15) is 5.75 Å². The zero-order valence-electron chi connectivity index (χ0n) is 6.36. The lowest BCUT2D eigenvalue weighted by Gasteiger charge is -2.14. The molecule has 1 atom stereocenters. The van der Waals surface area contributed by atoms with Gasteiger partial charge in [0, 0.05) is 5.56 Å². The van der Waals surface area contributed by atoms with Crippen LogP contribution in [0.25, 0.3) is 0 Å². The minimum Gasteiger partial charge on any atom is -0.465 e. The lowest BCUT2D eigenvalue weighted by Crippen LogP contribution is -2.04. The van der Waals surface area contributed by atoms with Crippen molar-refractivity contribution in [3.05, 3.63) is 42.2 Å². The molecule has 0 aromatic heterocycles. The molecule has 2 nitrogen and oxygen atoms in total. The Morgan fingerprint density at radius 2 is 2.17 bits per heavy atom. The molecule has 0 spiro atoms. The first-order valence-electron chi connectivity index (χ1n) is 3.72. The van der Waals surface area contributed by atoms with Crippen LogP contribution in [0, 0.1) is 0 Å². The zero-order valence-corrected chi connectivity index (χ0v) is 6.36. The third kappa shape index (κ3) is 1.01. The second-order valence-electron chi connectivity index (χ2n) is 2.58. The van der Waals surface area contributed by atoms with Crippen LogP contribution in [0.3, 0.4) is 0 Å². The lowest BCUT2D eigenvalue weighted by molar-refractivity contribution is 0.458. The topological polar surface area (TPSA) is 26.3 Å². The van der Waals surface area contributed by atoms with E-state index in [1.165, 1.54) is 6.26 Å². The molecule has 59 valence electrons. The van der Waals surface area contributed by atoms with Crippen molar-refractivity contribution in [3.8, 4) is 5.75 Å². The number of fused-ring (bicyclic) bond motifs is 1. The molecule has 0 N–H and O–H groups in total. The largest absolute Gasteiger partial charge is 0.465 e. The van der Waals surface area contributed by atoms with Crippen LogP contribution in [-0.4, -0.2) is 6.29 Å². The van der Waals surface area contributed by atoms with Crippen LogP contribution in [0.4, 0.5) is 0 Å². The van der Waals surface area contributed by atoms with Crippen molar-refractivity contribution in [1.29, 1.82) is 0 Å². The third-order valence-corrected chi connectivity index (χ3v) is 1.85. The summed E-state index contributed by atoms with van der Waals surface area (Å²) in [5, 5.41) is 0. The first-order chi connectivity index (χ1) is 5.92. The van der Waals surface area contributed by atoms with E-state index in [4.69, 9.17) is 4.74 Å². The van der Waals surface area contributed by atoms with Gasteiger partial charge < -0.3 is 4.74 Å². The van der Waals surface area contributed by atoms with Crippen molar-refractivity contribution in [1.82, 2.24) is 0 Å². The number of para-hydroxylation sites is 1. The molecule has 1 aliphatic heterocycles. The first kappa shape index (κ1) is 7.10. The Morgan fingerprint density at radius 1 is 1.33 bits per heavy atom. The molecule has 2 heteroatoms. The summed E-state index contributed by atoms with van der Waals surface area (Å²) in [5.74, 6) is 0.475. The van der Waals surface area contributed by atoms with E-state index in [0.29, 0.717) is 0 Å². The Morgan fingerprint density at radius 3 is 3.00 bits per heavy atom. The summed E-state index contributed by atoms with van der Waals surface area (Å²) in [6.45, 7) is 0. The van der Waals surface area contributed by atoms with Crippen LogP contribution in [0.2, 0.25) is 0 Å². The van der Waals surface area contributed by atoms with E-state index in [-0.39, 0.29) is 5.92 Å². The maximum Gasteiger partial charge on any atom is 0.210 e. The molecule has 1 aliphatic rings. The number of allylic oxidation sites excluding steroid dienone is 1. The van der Waals surface area contributed by atoms with Gasteiger partial charge in [-0.2, -0.15) is 0 Å². The summed E-state index contributed by atoms with van der Waals surface area (Å²) in [4.78, 5) is 10.5. The average molecular weight is 159 g/mol. The van der Waals surface area contributed by atoms with Gasteiger partial charge >= 0.3 is 0 Å². The molecule has 0 saturated carbocycles. The van der Waals surface area contributed by atoms with E-state index in [9.17, 15) is 4.79 Å². The molecule has 1 radical (unpaired) electrons. The summed E-state index contributed by atoms with van der Waals surface area (Å²) in [5.41, 5.74) is 0.884. The van der Waals surface area contributed by atoms with Crippen LogP contribution < -0.4 is 4.74 Å². The molecule has 0 aliphatic carbocycles. The maximum absolute atomic E-state index is 10.5. The van der Waals surface area contributed by atoms with Crippen LogP contribution in [0.1, 0.15) is 11.5 Å². The summed E-state index contributed by atoms with van der Waals surface area (Å²) in [6.07, 6.45) is 5.16. The fourth-order valence-corrected chi connectivity index (χ4v) is 1.24. The number of benzene rings is 1. The number of carbonyl (C=O) groups excluding carboxylic acids is 1. The van der Waals surface area contributed by atoms with Crippen molar-refractivity contribution in [2.45, 2.75) is 5.92 Å². The molecule has 0 amide bonds. The first-order valence-corrected chi connectivity index (χ1v) is 3.72. The smallest absolute Gasteiger partial charge is 0.210 e. The summed E-state index contributed by atoms with van der Waals surface area (Å²) < 4.78 is 5.20. The van der Waals surface area contributed by atoms with Crippen molar-refractivity contribution in [2.24, 2.45) is 0 Å². The molecule has 1 aromatic carbocycles.